The summed E-state index contributed by atoms with van der Waals surface area (Å²) in [5, 5.41) is 8.49. The van der Waals surface area contributed by atoms with Gasteiger partial charge in [0.05, 0.1) is 165 Å². The minimum Gasteiger partial charge on any atom is -0.481 e. The molecule has 0 atom stereocenters. The van der Waals surface area contributed by atoms with Crippen molar-refractivity contribution in [2.24, 2.45) is 0 Å². The Balaban J connectivity index is 3.08. The first-order valence-corrected chi connectivity index (χ1v) is 18.0. The lowest BCUT2D eigenvalue weighted by Crippen LogP contribution is -2.15. The smallest absolute Gasteiger partial charge is 0.305 e. The number of ether oxygens (including phenoxy) is 13. The lowest BCUT2D eigenvalue weighted by atomic mass is 10.2. The van der Waals surface area contributed by atoms with Crippen molar-refractivity contribution in [3.8, 4) is 0 Å². The molecule has 16 heteroatoms. The monoisotopic (exact) mass is 730 g/mol. The SMILES string of the molecule is CCCCCCC(=O)OCCOCCOCCOCCOCCOCCOCCOCCOCCOCCOCCOCCOCCC(=O)O. The van der Waals surface area contributed by atoms with Gasteiger partial charge in [-0.2, -0.15) is 0 Å². The van der Waals surface area contributed by atoms with Gasteiger partial charge in [0.25, 0.3) is 0 Å². The van der Waals surface area contributed by atoms with E-state index in [1.54, 1.807) is 0 Å². The maximum atomic E-state index is 11.5. The summed E-state index contributed by atoms with van der Waals surface area (Å²) in [4.78, 5) is 21.9. The molecule has 0 saturated heterocycles. The van der Waals surface area contributed by atoms with Crippen LogP contribution < -0.4 is 0 Å². The van der Waals surface area contributed by atoms with Crippen molar-refractivity contribution in [2.45, 2.75) is 45.4 Å². The number of carboxylic acid groups (broad SMARTS) is 1. The molecule has 0 aromatic heterocycles. The summed E-state index contributed by atoms with van der Waals surface area (Å²) < 4.78 is 70.0. The Kier molecular flexibility index (Phi) is 42.3. The van der Waals surface area contributed by atoms with Crippen LogP contribution >= 0.6 is 0 Å². The van der Waals surface area contributed by atoms with E-state index in [1.807, 2.05) is 0 Å². The van der Waals surface area contributed by atoms with E-state index in [1.165, 1.54) is 0 Å². The maximum Gasteiger partial charge on any atom is 0.305 e. The second kappa shape index (κ2) is 43.6. The van der Waals surface area contributed by atoms with E-state index in [0.717, 1.165) is 25.7 Å². The van der Waals surface area contributed by atoms with Gasteiger partial charge < -0.3 is 66.7 Å². The second-order valence-corrected chi connectivity index (χ2v) is 10.5. The van der Waals surface area contributed by atoms with E-state index >= 15 is 0 Å². The molecule has 0 radical (unpaired) electrons. The third-order valence-electron chi connectivity index (χ3n) is 6.28. The first-order chi connectivity index (χ1) is 24.7. The zero-order valence-electron chi connectivity index (χ0n) is 30.5. The quantitative estimate of drug-likeness (QED) is 0.0713. The number of hydrogen-bond donors (Lipinski definition) is 1. The highest BCUT2D eigenvalue weighted by atomic mass is 16.6. The molecule has 298 valence electrons. The number of carbonyl (C=O) groups is 2. The Morgan fingerprint density at radius 2 is 0.600 bits per heavy atom. The fourth-order valence-electron chi connectivity index (χ4n) is 3.66. The van der Waals surface area contributed by atoms with Crippen molar-refractivity contribution >= 4 is 11.9 Å². The predicted molar refractivity (Wildman–Crippen MR) is 182 cm³/mol. The fraction of sp³-hybridized carbons (Fsp3) is 0.941. The Morgan fingerprint density at radius 1 is 0.340 bits per heavy atom. The molecule has 0 aliphatic carbocycles. The van der Waals surface area contributed by atoms with E-state index in [4.69, 9.17) is 66.7 Å². The van der Waals surface area contributed by atoms with Crippen LogP contribution in [-0.2, 0) is 71.2 Å². The molecule has 50 heavy (non-hydrogen) atoms. The molecule has 16 nitrogen and oxygen atoms in total. The second-order valence-electron chi connectivity index (χ2n) is 10.5. The molecular formula is C34H66O16. The highest BCUT2D eigenvalue weighted by Gasteiger charge is 2.02. The van der Waals surface area contributed by atoms with E-state index < -0.39 is 5.97 Å². The van der Waals surface area contributed by atoms with Gasteiger partial charge in [-0.3, -0.25) is 9.59 Å². The summed E-state index contributed by atoms with van der Waals surface area (Å²) in [6.45, 7) is 13.3. The molecule has 0 aromatic rings. The van der Waals surface area contributed by atoms with Gasteiger partial charge in [0.2, 0.25) is 0 Å². The lowest BCUT2D eigenvalue weighted by Gasteiger charge is -2.09. The van der Waals surface area contributed by atoms with Crippen LogP contribution in [0.1, 0.15) is 45.4 Å². The molecule has 0 aliphatic heterocycles. The molecule has 1 N–H and O–H groups in total. The molecule has 0 spiro atoms. The topological polar surface area (TPSA) is 174 Å². The standard InChI is InChI=1S/C34H66O16/c1-2-3-4-5-6-34(37)50-32-31-49-30-29-48-28-27-47-26-25-46-24-23-45-22-21-44-20-19-43-18-17-42-16-15-41-14-13-40-12-11-39-10-9-38-8-7-33(35)36/h2-32H2,1H3,(H,35,36). The summed E-state index contributed by atoms with van der Waals surface area (Å²) in [5.74, 6) is -1.03. The van der Waals surface area contributed by atoms with Gasteiger partial charge >= 0.3 is 11.9 Å². The molecule has 0 amide bonds. The van der Waals surface area contributed by atoms with Crippen LogP contribution in [0.3, 0.4) is 0 Å². The lowest BCUT2D eigenvalue weighted by molar-refractivity contribution is -0.145. The van der Waals surface area contributed by atoms with Crippen LogP contribution in [0.2, 0.25) is 0 Å². The zero-order valence-corrected chi connectivity index (χ0v) is 30.5. The van der Waals surface area contributed by atoms with Crippen LogP contribution in [0, 0.1) is 0 Å². The van der Waals surface area contributed by atoms with E-state index in [0.29, 0.717) is 158 Å². The Bertz CT molecular complexity index is 688. The van der Waals surface area contributed by atoms with Crippen LogP contribution in [-0.4, -0.2) is 182 Å². The molecular weight excluding hydrogens is 664 g/mol. The van der Waals surface area contributed by atoms with Gasteiger partial charge in [-0.1, -0.05) is 26.2 Å². The van der Waals surface area contributed by atoms with E-state index in [-0.39, 0.29) is 25.6 Å². The van der Waals surface area contributed by atoms with Crippen molar-refractivity contribution in [3.05, 3.63) is 0 Å². The van der Waals surface area contributed by atoms with Crippen molar-refractivity contribution in [3.63, 3.8) is 0 Å². The first-order valence-electron chi connectivity index (χ1n) is 18.0. The third kappa shape index (κ3) is 44.5. The number of carbonyl (C=O) groups excluding carboxylic acids is 1. The average molecular weight is 731 g/mol. The van der Waals surface area contributed by atoms with Crippen LogP contribution in [0.25, 0.3) is 0 Å². The molecule has 0 heterocycles. The largest absolute Gasteiger partial charge is 0.481 e. The normalized spacial score (nSPS) is 11.4. The van der Waals surface area contributed by atoms with Crippen LogP contribution in [0.4, 0.5) is 0 Å². The van der Waals surface area contributed by atoms with E-state index in [9.17, 15) is 9.59 Å². The van der Waals surface area contributed by atoms with Crippen molar-refractivity contribution in [2.75, 3.05) is 165 Å². The molecule has 0 aromatic carbocycles. The van der Waals surface area contributed by atoms with Gasteiger partial charge in [0.15, 0.2) is 0 Å². The number of esters is 1. The predicted octanol–water partition coefficient (Wildman–Crippen LogP) is 2.17. The number of unbranched alkanes of at least 4 members (excludes halogenated alkanes) is 3. The van der Waals surface area contributed by atoms with E-state index in [2.05, 4.69) is 6.92 Å². The molecule has 0 saturated carbocycles. The Labute approximate surface area is 298 Å². The molecule has 0 fully saturated rings. The fourth-order valence-corrected chi connectivity index (χ4v) is 3.66. The van der Waals surface area contributed by atoms with Crippen LogP contribution in [0.5, 0.6) is 0 Å². The summed E-state index contributed by atoms with van der Waals surface area (Å²) in [6.07, 6.45) is 4.73. The molecule has 0 aliphatic rings. The average Bonchev–Trinajstić information content (AvgIpc) is 3.11. The van der Waals surface area contributed by atoms with Gasteiger partial charge in [0, 0.05) is 6.42 Å². The highest BCUT2D eigenvalue weighted by molar-refractivity contribution is 5.69. The Morgan fingerprint density at radius 3 is 0.860 bits per heavy atom. The van der Waals surface area contributed by atoms with Crippen LogP contribution in [0.15, 0.2) is 0 Å². The minimum atomic E-state index is -0.877. The highest BCUT2D eigenvalue weighted by Crippen LogP contribution is 2.03. The Hall–Kier alpha value is -1.54. The van der Waals surface area contributed by atoms with Crippen molar-refractivity contribution in [1.82, 2.24) is 0 Å². The molecule has 0 bridgehead atoms. The summed E-state index contributed by atoms with van der Waals surface area (Å²) in [6, 6.07) is 0. The van der Waals surface area contributed by atoms with Gasteiger partial charge in [-0.15, -0.1) is 0 Å². The number of rotatable bonds is 44. The summed E-state index contributed by atoms with van der Waals surface area (Å²) >= 11 is 0. The molecule has 0 rings (SSSR count). The van der Waals surface area contributed by atoms with Crippen molar-refractivity contribution in [1.29, 1.82) is 0 Å². The van der Waals surface area contributed by atoms with Gasteiger partial charge in [-0.05, 0) is 6.42 Å². The molecule has 0 unspecified atom stereocenters. The summed E-state index contributed by atoms with van der Waals surface area (Å²) in [7, 11) is 0. The van der Waals surface area contributed by atoms with Gasteiger partial charge in [0.1, 0.15) is 6.61 Å². The van der Waals surface area contributed by atoms with Crippen molar-refractivity contribution < 1.29 is 76.3 Å². The number of hydrogen-bond acceptors (Lipinski definition) is 15. The first kappa shape index (κ1) is 48.5. The minimum absolute atomic E-state index is 0.00548. The maximum absolute atomic E-state index is 11.5. The number of carboxylic acids is 1. The number of aliphatic carboxylic acids is 1. The third-order valence-corrected chi connectivity index (χ3v) is 6.28. The zero-order chi connectivity index (χ0) is 36.3. The summed E-state index contributed by atoms with van der Waals surface area (Å²) in [5.41, 5.74) is 0. The van der Waals surface area contributed by atoms with Gasteiger partial charge in [-0.25, -0.2) is 0 Å².